The van der Waals surface area contributed by atoms with E-state index in [1.807, 2.05) is 20.8 Å². The van der Waals surface area contributed by atoms with Crippen LogP contribution >= 0.6 is 0 Å². The van der Waals surface area contributed by atoms with Crippen molar-refractivity contribution in [3.63, 3.8) is 0 Å². The molecule has 1 aromatic heterocycles. The van der Waals surface area contributed by atoms with Gasteiger partial charge in [0.25, 0.3) is 0 Å². The molecule has 114 valence electrons. The highest BCUT2D eigenvalue weighted by molar-refractivity contribution is 5.65. The number of alkyl halides is 3. The van der Waals surface area contributed by atoms with E-state index in [0.29, 0.717) is 0 Å². The first-order valence-corrected chi connectivity index (χ1v) is 6.59. The zero-order valence-electron chi connectivity index (χ0n) is 12.0. The number of nitrogens with two attached hydrogens (primary N) is 1. The third kappa shape index (κ3) is 4.56. The van der Waals surface area contributed by atoms with Gasteiger partial charge < -0.3 is 16.0 Å². The van der Waals surface area contributed by atoms with Crippen molar-refractivity contribution >= 4 is 11.4 Å². The van der Waals surface area contributed by atoms with Gasteiger partial charge in [-0.3, -0.25) is 0 Å². The van der Waals surface area contributed by atoms with Crippen molar-refractivity contribution in [2.24, 2.45) is 0 Å². The first-order chi connectivity index (χ1) is 9.27. The van der Waals surface area contributed by atoms with Crippen LogP contribution in [0, 0.1) is 0 Å². The lowest BCUT2D eigenvalue weighted by Crippen LogP contribution is -2.35. The van der Waals surface area contributed by atoms with Crippen molar-refractivity contribution in [2.45, 2.75) is 33.0 Å². The topological polar surface area (TPSA) is 54.2 Å². The molecule has 7 heteroatoms. The van der Waals surface area contributed by atoms with E-state index in [-0.39, 0.29) is 17.4 Å². The van der Waals surface area contributed by atoms with E-state index >= 15 is 0 Å². The van der Waals surface area contributed by atoms with E-state index < -0.39 is 11.9 Å². The molecular formula is C13H21F3N4. The number of halogens is 3. The molecule has 0 bridgehead atoms. The predicted molar refractivity (Wildman–Crippen MR) is 74.5 cm³/mol. The number of hydrogen-bond acceptors (Lipinski definition) is 4. The number of hydrogen-bond donors (Lipinski definition) is 2. The van der Waals surface area contributed by atoms with Gasteiger partial charge in [0.1, 0.15) is 5.69 Å². The Morgan fingerprint density at radius 1 is 1.35 bits per heavy atom. The summed E-state index contributed by atoms with van der Waals surface area (Å²) < 4.78 is 37.9. The maximum atomic E-state index is 12.6. The molecule has 3 N–H and O–H groups in total. The summed E-state index contributed by atoms with van der Waals surface area (Å²) in [5.74, 6) is 0. The fraction of sp³-hybridized carbons (Fsp3) is 0.615. The minimum Gasteiger partial charge on any atom is -0.396 e. The quantitative estimate of drug-likeness (QED) is 0.846. The first-order valence-electron chi connectivity index (χ1n) is 6.59. The van der Waals surface area contributed by atoms with Crippen LogP contribution in [0.2, 0.25) is 0 Å². The van der Waals surface area contributed by atoms with E-state index in [1.54, 1.807) is 0 Å². The van der Waals surface area contributed by atoms with Gasteiger partial charge >= 0.3 is 6.18 Å². The van der Waals surface area contributed by atoms with Crippen molar-refractivity contribution in [3.8, 4) is 0 Å². The first kappa shape index (κ1) is 16.6. The second-order valence-electron chi connectivity index (χ2n) is 4.69. The average Bonchev–Trinajstić information content (AvgIpc) is 2.37. The molecule has 0 aromatic carbocycles. The largest absolute Gasteiger partial charge is 0.433 e. The van der Waals surface area contributed by atoms with Gasteiger partial charge in [-0.25, -0.2) is 4.98 Å². The van der Waals surface area contributed by atoms with Crippen LogP contribution in [-0.4, -0.2) is 35.6 Å². The molecule has 4 nitrogen and oxygen atoms in total. The molecule has 1 rings (SSSR count). The van der Waals surface area contributed by atoms with Crippen LogP contribution in [0.5, 0.6) is 0 Å². The van der Waals surface area contributed by atoms with Crippen LogP contribution < -0.4 is 11.1 Å². The number of nitrogen functional groups attached to an aromatic ring is 1. The molecule has 20 heavy (non-hydrogen) atoms. The van der Waals surface area contributed by atoms with Crippen molar-refractivity contribution < 1.29 is 13.2 Å². The zero-order valence-corrected chi connectivity index (χ0v) is 12.0. The molecule has 0 aliphatic heterocycles. The maximum absolute atomic E-state index is 12.6. The Hall–Kier alpha value is -1.50. The Labute approximate surface area is 117 Å². The number of pyridine rings is 1. The van der Waals surface area contributed by atoms with Crippen LogP contribution in [0.4, 0.5) is 24.5 Å². The molecule has 1 atom stereocenters. The predicted octanol–water partition coefficient (Wildman–Crippen LogP) is 2.82. The normalized spacial score (nSPS) is 13.6. The highest BCUT2D eigenvalue weighted by atomic mass is 19.4. The molecule has 0 saturated carbocycles. The lowest BCUT2D eigenvalue weighted by Gasteiger charge is -2.24. The summed E-state index contributed by atoms with van der Waals surface area (Å²) in [6.07, 6.45) is -3.43. The van der Waals surface area contributed by atoms with Crippen molar-refractivity contribution in [3.05, 3.63) is 18.0 Å². The van der Waals surface area contributed by atoms with E-state index in [0.717, 1.165) is 31.9 Å². The Bertz CT molecular complexity index is 430. The van der Waals surface area contributed by atoms with Crippen LogP contribution in [0.15, 0.2) is 12.3 Å². The Balaban J connectivity index is 2.81. The Morgan fingerprint density at radius 2 is 1.95 bits per heavy atom. The summed E-state index contributed by atoms with van der Waals surface area (Å²) in [5.41, 5.74) is 5.21. The van der Waals surface area contributed by atoms with Gasteiger partial charge in [-0.15, -0.1) is 0 Å². The smallest absolute Gasteiger partial charge is 0.396 e. The standard InChI is InChI=1S/C13H21F3N4/c1-4-20(5-2)8-9(3)19-11-6-12(13(14,15)16)18-7-10(11)17/h6-7,9H,4-5,8,17H2,1-3H3,(H,18,19). The van der Waals surface area contributed by atoms with E-state index in [2.05, 4.69) is 15.2 Å². The molecule has 1 heterocycles. The fourth-order valence-electron chi connectivity index (χ4n) is 1.93. The summed E-state index contributed by atoms with van der Waals surface area (Å²) in [7, 11) is 0. The Kier molecular flexibility index (Phi) is 5.62. The lowest BCUT2D eigenvalue weighted by atomic mass is 10.2. The zero-order chi connectivity index (χ0) is 15.3. The number of likely N-dealkylation sites (N-methyl/N-ethyl adjacent to an activating group) is 1. The summed E-state index contributed by atoms with van der Waals surface area (Å²) in [6, 6.07) is 0.939. The van der Waals surface area contributed by atoms with Gasteiger partial charge in [-0.05, 0) is 26.1 Å². The van der Waals surface area contributed by atoms with E-state index in [4.69, 9.17) is 5.73 Å². The maximum Gasteiger partial charge on any atom is 0.433 e. The second kappa shape index (κ2) is 6.78. The number of nitrogens with one attached hydrogen (secondary N) is 1. The third-order valence-corrected chi connectivity index (χ3v) is 3.05. The molecule has 0 spiro atoms. The molecule has 0 saturated heterocycles. The van der Waals surface area contributed by atoms with E-state index in [1.165, 1.54) is 0 Å². The molecule has 1 aromatic rings. The van der Waals surface area contributed by atoms with Gasteiger partial charge in [-0.2, -0.15) is 13.2 Å². The van der Waals surface area contributed by atoms with Gasteiger partial charge in [0.2, 0.25) is 0 Å². The molecule has 0 amide bonds. The number of aromatic nitrogens is 1. The molecule has 0 radical (unpaired) electrons. The Morgan fingerprint density at radius 3 is 2.45 bits per heavy atom. The van der Waals surface area contributed by atoms with Crippen molar-refractivity contribution in [2.75, 3.05) is 30.7 Å². The van der Waals surface area contributed by atoms with Gasteiger partial charge in [0, 0.05) is 12.6 Å². The SMILES string of the molecule is CCN(CC)CC(C)Nc1cc(C(F)(F)F)ncc1N. The van der Waals surface area contributed by atoms with Gasteiger partial charge in [0.15, 0.2) is 0 Å². The number of anilines is 2. The lowest BCUT2D eigenvalue weighted by molar-refractivity contribution is -0.141. The highest BCUT2D eigenvalue weighted by Crippen LogP contribution is 2.31. The summed E-state index contributed by atoms with van der Waals surface area (Å²) in [4.78, 5) is 5.49. The molecular weight excluding hydrogens is 269 g/mol. The van der Waals surface area contributed by atoms with Crippen LogP contribution in [0.25, 0.3) is 0 Å². The second-order valence-corrected chi connectivity index (χ2v) is 4.69. The molecule has 0 fully saturated rings. The third-order valence-electron chi connectivity index (χ3n) is 3.05. The van der Waals surface area contributed by atoms with E-state index in [9.17, 15) is 13.2 Å². The van der Waals surface area contributed by atoms with Crippen LogP contribution in [0.3, 0.4) is 0 Å². The van der Waals surface area contributed by atoms with Gasteiger partial charge in [0.05, 0.1) is 17.6 Å². The minimum atomic E-state index is -4.47. The molecule has 1 unspecified atom stereocenters. The van der Waals surface area contributed by atoms with Crippen LogP contribution in [0.1, 0.15) is 26.5 Å². The highest BCUT2D eigenvalue weighted by Gasteiger charge is 2.33. The number of nitrogens with zero attached hydrogens (tertiary/aromatic N) is 2. The van der Waals surface area contributed by atoms with Crippen molar-refractivity contribution in [1.29, 1.82) is 0 Å². The summed E-state index contributed by atoms with van der Waals surface area (Å²) in [6.45, 7) is 8.50. The summed E-state index contributed by atoms with van der Waals surface area (Å²) in [5, 5.41) is 3.02. The monoisotopic (exact) mass is 290 g/mol. The fourth-order valence-corrected chi connectivity index (χ4v) is 1.93. The van der Waals surface area contributed by atoms with Gasteiger partial charge in [-0.1, -0.05) is 13.8 Å². The number of rotatable bonds is 6. The molecule has 0 aliphatic carbocycles. The minimum absolute atomic E-state index is 0.0133. The van der Waals surface area contributed by atoms with Crippen LogP contribution in [-0.2, 0) is 6.18 Å². The average molecular weight is 290 g/mol. The van der Waals surface area contributed by atoms with Crippen molar-refractivity contribution in [1.82, 2.24) is 9.88 Å². The summed E-state index contributed by atoms with van der Waals surface area (Å²) >= 11 is 0. The molecule has 0 aliphatic rings.